The van der Waals surface area contributed by atoms with E-state index in [9.17, 15) is 0 Å². The van der Waals surface area contributed by atoms with Crippen LogP contribution in [0, 0.1) is 0 Å². The minimum absolute atomic E-state index is 0.364. The van der Waals surface area contributed by atoms with Crippen molar-refractivity contribution in [1.82, 2.24) is 0 Å². The lowest BCUT2D eigenvalue weighted by Gasteiger charge is -2.22. The van der Waals surface area contributed by atoms with Gasteiger partial charge in [0.2, 0.25) is 0 Å². The lowest BCUT2D eigenvalue weighted by molar-refractivity contribution is -0.108. The van der Waals surface area contributed by atoms with Crippen molar-refractivity contribution >= 4 is 0 Å². The SMILES string of the molecule is c1ccc(-c2ccc(C3COCOC3)cc2)cc1. The second-order valence-corrected chi connectivity index (χ2v) is 4.54. The highest BCUT2D eigenvalue weighted by Crippen LogP contribution is 2.24. The van der Waals surface area contributed by atoms with Crippen LogP contribution in [0.4, 0.5) is 0 Å². The summed E-state index contributed by atoms with van der Waals surface area (Å²) in [5.74, 6) is 0.364. The fourth-order valence-corrected chi connectivity index (χ4v) is 2.26. The van der Waals surface area contributed by atoms with Crippen molar-refractivity contribution < 1.29 is 9.47 Å². The van der Waals surface area contributed by atoms with Crippen LogP contribution in [-0.4, -0.2) is 20.0 Å². The number of hydrogen-bond donors (Lipinski definition) is 0. The van der Waals surface area contributed by atoms with Gasteiger partial charge >= 0.3 is 0 Å². The second-order valence-electron chi connectivity index (χ2n) is 4.54. The van der Waals surface area contributed by atoms with Crippen molar-refractivity contribution in [3.05, 3.63) is 60.2 Å². The number of rotatable bonds is 2. The minimum atomic E-state index is 0.364. The van der Waals surface area contributed by atoms with Crippen LogP contribution < -0.4 is 0 Å². The Labute approximate surface area is 107 Å². The molecule has 2 heteroatoms. The van der Waals surface area contributed by atoms with Crippen LogP contribution in [0.5, 0.6) is 0 Å². The van der Waals surface area contributed by atoms with E-state index in [1.54, 1.807) is 0 Å². The molecule has 1 aliphatic heterocycles. The van der Waals surface area contributed by atoms with E-state index in [1.165, 1.54) is 16.7 Å². The zero-order valence-electron chi connectivity index (χ0n) is 10.2. The molecule has 0 atom stereocenters. The van der Waals surface area contributed by atoms with Gasteiger partial charge in [0, 0.05) is 5.92 Å². The van der Waals surface area contributed by atoms with Crippen molar-refractivity contribution in [3.8, 4) is 11.1 Å². The Bertz CT molecular complexity index is 484. The smallest absolute Gasteiger partial charge is 0.146 e. The largest absolute Gasteiger partial charge is 0.355 e. The van der Waals surface area contributed by atoms with Crippen molar-refractivity contribution in [3.63, 3.8) is 0 Å². The third-order valence-electron chi connectivity index (χ3n) is 3.29. The molecule has 0 spiro atoms. The number of benzene rings is 2. The van der Waals surface area contributed by atoms with E-state index in [4.69, 9.17) is 9.47 Å². The maximum atomic E-state index is 5.33. The Kier molecular flexibility index (Phi) is 3.40. The molecular formula is C16H16O2. The highest BCUT2D eigenvalue weighted by Gasteiger charge is 2.16. The summed E-state index contributed by atoms with van der Waals surface area (Å²) in [5.41, 5.74) is 3.78. The summed E-state index contributed by atoms with van der Waals surface area (Å²) in [4.78, 5) is 0. The first kappa shape index (κ1) is 11.5. The van der Waals surface area contributed by atoms with Crippen molar-refractivity contribution in [2.24, 2.45) is 0 Å². The molecule has 0 aromatic heterocycles. The third kappa shape index (κ3) is 2.45. The highest BCUT2D eigenvalue weighted by molar-refractivity contribution is 5.63. The standard InChI is InChI=1S/C16H16O2/c1-2-4-13(5-3-1)14-6-8-15(9-7-14)16-10-17-12-18-11-16/h1-9,16H,10-12H2. The van der Waals surface area contributed by atoms with Gasteiger partial charge in [-0.25, -0.2) is 0 Å². The van der Waals surface area contributed by atoms with Crippen molar-refractivity contribution in [2.45, 2.75) is 5.92 Å². The first-order valence-electron chi connectivity index (χ1n) is 6.24. The molecule has 18 heavy (non-hydrogen) atoms. The Morgan fingerprint density at radius 2 is 1.33 bits per heavy atom. The van der Waals surface area contributed by atoms with Crippen LogP contribution in [0.2, 0.25) is 0 Å². The van der Waals surface area contributed by atoms with E-state index in [0.717, 1.165) is 13.2 Å². The van der Waals surface area contributed by atoms with E-state index in [2.05, 4.69) is 48.5 Å². The molecule has 0 bridgehead atoms. The van der Waals surface area contributed by atoms with Crippen molar-refractivity contribution in [2.75, 3.05) is 20.0 Å². The van der Waals surface area contributed by atoms with Gasteiger partial charge in [0.25, 0.3) is 0 Å². The summed E-state index contributed by atoms with van der Waals surface area (Å²) < 4.78 is 10.7. The Morgan fingerprint density at radius 1 is 0.722 bits per heavy atom. The van der Waals surface area contributed by atoms with Gasteiger partial charge in [0.05, 0.1) is 13.2 Å². The summed E-state index contributed by atoms with van der Waals surface area (Å²) in [5, 5.41) is 0. The van der Waals surface area contributed by atoms with Crippen LogP contribution in [0.1, 0.15) is 11.5 Å². The normalized spacial score (nSPS) is 16.7. The van der Waals surface area contributed by atoms with Gasteiger partial charge in [-0.3, -0.25) is 0 Å². The zero-order valence-corrected chi connectivity index (χ0v) is 10.2. The van der Waals surface area contributed by atoms with E-state index in [0.29, 0.717) is 12.7 Å². The van der Waals surface area contributed by atoms with Gasteiger partial charge in [0.15, 0.2) is 0 Å². The minimum Gasteiger partial charge on any atom is -0.355 e. The molecule has 1 saturated heterocycles. The molecular weight excluding hydrogens is 224 g/mol. The molecule has 2 aromatic rings. The molecule has 0 unspecified atom stereocenters. The van der Waals surface area contributed by atoms with Gasteiger partial charge in [-0.15, -0.1) is 0 Å². The molecule has 1 aliphatic rings. The Morgan fingerprint density at radius 3 is 2.00 bits per heavy atom. The number of hydrogen-bond acceptors (Lipinski definition) is 2. The average molecular weight is 240 g/mol. The molecule has 1 fully saturated rings. The maximum Gasteiger partial charge on any atom is 0.146 e. The topological polar surface area (TPSA) is 18.5 Å². The van der Waals surface area contributed by atoms with Gasteiger partial charge in [-0.1, -0.05) is 54.6 Å². The van der Waals surface area contributed by atoms with Crippen LogP contribution >= 0.6 is 0 Å². The van der Waals surface area contributed by atoms with Crippen LogP contribution in [0.3, 0.4) is 0 Å². The Balaban J connectivity index is 1.80. The summed E-state index contributed by atoms with van der Waals surface area (Å²) in [6, 6.07) is 19.1. The lowest BCUT2D eigenvalue weighted by Crippen LogP contribution is -2.22. The zero-order chi connectivity index (χ0) is 12.2. The monoisotopic (exact) mass is 240 g/mol. The fourth-order valence-electron chi connectivity index (χ4n) is 2.26. The van der Waals surface area contributed by atoms with E-state index in [-0.39, 0.29) is 0 Å². The van der Waals surface area contributed by atoms with Gasteiger partial charge in [-0.05, 0) is 16.7 Å². The summed E-state index contributed by atoms with van der Waals surface area (Å²) in [6.07, 6.45) is 0. The molecule has 0 radical (unpaired) electrons. The van der Waals surface area contributed by atoms with Crippen LogP contribution in [0.15, 0.2) is 54.6 Å². The Hall–Kier alpha value is -1.64. The maximum absolute atomic E-state index is 5.33. The fraction of sp³-hybridized carbons (Fsp3) is 0.250. The quantitative estimate of drug-likeness (QED) is 0.800. The van der Waals surface area contributed by atoms with Crippen molar-refractivity contribution in [1.29, 1.82) is 0 Å². The molecule has 2 aromatic carbocycles. The molecule has 0 N–H and O–H groups in total. The number of ether oxygens (including phenoxy) is 2. The third-order valence-corrected chi connectivity index (χ3v) is 3.29. The van der Waals surface area contributed by atoms with Gasteiger partial charge in [-0.2, -0.15) is 0 Å². The van der Waals surface area contributed by atoms with Gasteiger partial charge < -0.3 is 9.47 Å². The first-order chi connectivity index (χ1) is 8.93. The summed E-state index contributed by atoms with van der Waals surface area (Å²) in [6.45, 7) is 1.94. The summed E-state index contributed by atoms with van der Waals surface area (Å²) >= 11 is 0. The predicted octanol–water partition coefficient (Wildman–Crippen LogP) is 3.44. The molecule has 1 heterocycles. The molecule has 0 saturated carbocycles. The average Bonchev–Trinajstić information content (AvgIpc) is 2.49. The van der Waals surface area contributed by atoms with Crippen LogP contribution in [0.25, 0.3) is 11.1 Å². The predicted molar refractivity (Wildman–Crippen MR) is 71.4 cm³/mol. The second kappa shape index (κ2) is 5.34. The lowest BCUT2D eigenvalue weighted by atomic mass is 9.97. The first-order valence-corrected chi connectivity index (χ1v) is 6.24. The molecule has 0 aliphatic carbocycles. The van der Waals surface area contributed by atoms with Gasteiger partial charge in [0.1, 0.15) is 6.79 Å². The molecule has 92 valence electrons. The molecule has 0 amide bonds. The molecule has 2 nitrogen and oxygen atoms in total. The van der Waals surface area contributed by atoms with E-state index >= 15 is 0 Å². The van der Waals surface area contributed by atoms with Crippen LogP contribution in [-0.2, 0) is 9.47 Å². The summed E-state index contributed by atoms with van der Waals surface area (Å²) in [7, 11) is 0. The molecule has 3 rings (SSSR count). The van der Waals surface area contributed by atoms with E-state index < -0.39 is 0 Å². The van der Waals surface area contributed by atoms with E-state index in [1.807, 2.05) is 6.07 Å². The highest BCUT2D eigenvalue weighted by atomic mass is 16.7.